The SMILES string of the molecule is COc1ccc(NC(=O)CC2CC3CCC(C2)N3)cc1[N+](=O)[O-]. The number of carbonyl (C=O) groups excluding carboxylic acids is 1. The lowest BCUT2D eigenvalue weighted by Crippen LogP contribution is -2.39. The summed E-state index contributed by atoms with van der Waals surface area (Å²) in [4.78, 5) is 22.7. The summed E-state index contributed by atoms with van der Waals surface area (Å²) in [5.74, 6) is 0.487. The Morgan fingerprint density at radius 2 is 2.09 bits per heavy atom. The fraction of sp³-hybridized carbons (Fsp3) is 0.562. The van der Waals surface area contributed by atoms with E-state index in [9.17, 15) is 14.9 Å². The number of nitro groups is 1. The van der Waals surface area contributed by atoms with Crippen molar-refractivity contribution in [2.45, 2.75) is 44.2 Å². The Hall–Kier alpha value is -2.15. The summed E-state index contributed by atoms with van der Waals surface area (Å²) in [6, 6.07) is 5.55. The van der Waals surface area contributed by atoms with Gasteiger partial charge in [0.05, 0.1) is 12.0 Å². The molecule has 2 fully saturated rings. The lowest BCUT2D eigenvalue weighted by molar-refractivity contribution is -0.385. The third kappa shape index (κ3) is 3.61. The maximum Gasteiger partial charge on any atom is 0.312 e. The van der Waals surface area contributed by atoms with Gasteiger partial charge in [0.15, 0.2) is 5.75 Å². The van der Waals surface area contributed by atoms with E-state index < -0.39 is 4.92 Å². The van der Waals surface area contributed by atoms with Gasteiger partial charge in [0.25, 0.3) is 0 Å². The maximum absolute atomic E-state index is 12.2. The molecule has 0 radical (unpaired) electrons. The Morgan fingerprint density at radius 3 is 2.70 bits per heavy atom. The zero-order valence-electron chi connectivity index (χ0n) is 13.1. The van der Waals surface area contributed by atoms with Crippen molar-refractivity contribution in [3.63, 3.8) is 0 Å². The van der Waals surface area contributed by atoms with Gasteiger partial charge in [-0.1, -0.05) is 0 Å². The zero-order chi connectivity index (χ0) is 16.4. The minimum Gasteiger partial charge on any atom is -0.490 e. The topological polar surface area (TPSA) is 93.5 Å². The second-order valence-corrected chi connectivity index (χ2v) is 6.37. The smallest absolute Gasteiger partial charge is 0.312 e. The van der Waals surface area contributed by atoms with Gasteiger partial charge in [-0.25, -0.2) is 0 Å². The van der Waals surface area contributed by atoms with Crippen LogP contribution in [-0.4, -0.2) is 30.0 Å². The molecule has 1 amide bonds. The molecular formula is C16H21N3O4. The van der Waals surface area contributed by atoms with Gasteiger partial charge >= 0.3 is 5.69 Å². The third-order valence-electron chi connectivity index (χ3n) is 4.70. The lowest BCUT2D eigenvalue weighted by Gasteiger charge is -2.28. The number of anilines is 1. The number of hydrogen-bond donors (Lipinski definition) is 2. The van der Waals surface area contributed by atoms with E-state index in [1.807, 2.05) is 0 Å². The number of benzene rings is 1. The standard InChI is InChI=1S/C16H21N3O4/c1-23-15-5-4-13(9-14(15)19(21)22)18-16(20)8-10-6-11-2-3-12(7-10)17-11/h4-5,9-12,17H,2-3,6-8H2,1H3,(H,18,20). The van der Waals surface area contributed by atoms with E-state index in [2.05, 4.69) is 10.6 Å². The minimum atomic E-state index is -0.515. The molecule has 0 spiro atoms. The number of nitrogens with one attached hydrogen (secondary N) is 2. The summed E-state index contributed by atoms with van der Waals surface area (Å²) in [6.45, 7) is 0. The Morgan fingerprint density at radius 1 is 1.39 bits per heavy atom. The molecule has 23 heavy (non-hydrogen) atoms. The summed E-state index contributed by atoms with van der Waals surface area (Å²) in [7, 11) is 1.38. The summed E-state index contributed by atoms with van der Waals surface area (Å²) in [5, 5.41) is 17.3. The predicted molar refractivity (Wildman–Crippen MR) is 85.6 cm³/mol. The second kappa shape index (κ2) is 6.54. The number of amides is 1. The van der Waals surface area contributed by atoms with Crippen LogP contribution in [0.4, 0.5) is 11.4 Å². The number of carbonyl (C=O) groups is 1. The fourth-order valence-corrected chi connectivity index (χ4v) is 3.73. The first-order chi connectivity index (χ1) is 11.0. The van der Waals surface area contributed by atoms with Crippen molar-refractivity contribution in [3.05, 3.63) is 28.3 Å². The first-order valence-electron chi connectivity index (χ1n) is 7.93. The van der Waals surface area contributed by atoms with Gasteiger partial charge in [-0.15, -0.1) is 0 Å². The van der Waals surface area contributed by atoms with E-state index in [-0.39, 0.29) is 17.3 Å². The van der Waals surface area contributed by atoms with Crippen LogP contribution in [0.15, 0.2) is 18.2 Å². The average Bonchev–Trinajstić information content (AvgIpc) is 2.85. The second-order valence-electron chi connectivity index (χ2n) is 6.37. The molecule has 0 aliphatic carbocycles. The Labute approximate surface area is 134 Å². The van der Waals surface area contributed by atoms with Crippen molar-refractivity contribution < 1.29 is 14.5 Å². The zero-order valence-corrected chi connectivity index (χ0v) is 13.1. The van der Waals surface area contributed by atoms with E-state index >= 15 is 0 Å². The highest BCUT2D eigenvalue weighted by Crippen LogP contribution is 2.33. The molecule has 7 heteroatoms. The number of ether oxygens (including phenoxy) is 1. The van der Waals surface area contributed by atoms with E-state index in [1.165, 1.54) is 32.1 Å². The van der Waals surface area contributed by atoms with Gasteiger partial charge in [0.2, 0.25) is 5.91 Å². The summed E-state index contributed by atoms with van der Waals surface area (Å²) in [5.41, 5.74) is 0.282. The molecule has 7 nitrogen and oxygen atoms in total. The van der Waals surface area contributed by atoms with Gasteiger partial charge < -0.3 is 15.4 Å². The predicted octanol–water partition coefficient (Wildman–Crippen LogP) is 2.46. The number of piperidine rings is 1. The van der Waals surface area contributed by atoms with Crippen LogP contribution in [0.1, 0.15) is 32.1 Å². The van der Waals surface area contributed by atoms with Gasteiger partial charge in [-0.3, -0.25) is 14.9 Å². The molecule has 0 aromatic heterocycles. The third-order valence-corrected chi connectivity index (χ3v) is 4.70. The van der Waals surface area contributed by atoms with Gasteiger partial charge in [-0.2, -0.15) is 0 Å². The first kappa shape index (κ1) is 15.7. The van der Waals surface area contributed by atoms with Crippen LogP contribution in [0.25, 0.3) is 0 Å². The van der Waals surface area contributed by atoms with Crippen LogP contribution in [0.2, 0.25) is 0 Å². The largest absolute Gasteiger partial charge is 0.490 e. The Balaban J connectivity index is 1.61. The van der Waals surface area contributed by atoms with Crippen molar-refractivity contribution in [3.8, 4) is 5.75 Å². The number of hydrogen-bond acceptors (Lipinski definition) is 5. The summed E-state index contributed by atoms with van der Waals surface area (Å²) >= 11 is 0. The summed E-state index contributed by atoms with van der Waals surface area (Å²) in [6.07, 6.45) is 4.94. The van der Waals surface area contributed by atoms with Crippen molar-refractivity contribution in [1.82, 2.24) is 5.32 Å². The fourth-order valence-electron chi connectivity index (χ4n) is 3.73. The van der Waals surface area contributed by atoms with Crippen molar-refractivity contribution in [2.24, 2.45) is 5.92 Å². The molecule has 3 rings (SSSR count). The van der Waals surface area contributed by atoms with Gasteiger partial charge in [-0.05, 0) is 43.7 Å². The molecule has 2 atom stereocenters. The lowest BCUT2D eigenvalue weighted by atomic mass is 9.89. The van der Waals surface area contributed by atoms with E-state index in [4.69, 9.17) is 4.74 Å². The Bertz CT molecular complexity index is 607. The molecule has 1 aromatic rings. The monoisotopic (exact) mass is 319 g/mol. The average molecular weight is 319 g/mol. The van der Waals surface area contributed by atoms with Crippen LogP contribution in [0.5, 0.6) is 5.75 Å². The molecule has 2 unspecified atom stereocenters. The minimum absolute atomic E-state index is 0.0873. The Kier molecular flexibility index (Phi) is 4.47. The van der Waals surface area contributed by atoms with E-state index in [0.717, 1.165) is 12.8 Å². The number of fused-ring (bicyclic) bond motifs is 2. The highest BCUT2D eigenvalue weighted by Gasteiger charge is 2.34. The molecule has 2 N–H and O–H groups in total. The molecular weight excluding hydrogens is 298 g/mol. The van der Waals surface area contributed by atoms with Crippen LogP contribution in [-0.2, 0) is 4.79 Å². The number of rotatable bonds is 5. The van der Waals surface area contributed by atoms with Gasteiger partial charge in [0, 0.05) is 30.3 Å². The summed E-state index contributed by atoms with van der Waals surface area (Å²) < 4.78 is 4.96. The van der Waals surface area contributed by atoms with Crippen LogP contribution >= 0.6 is 0 Å². The molecule has 2 aliphatic rings. The number of methoxy groups -OCH3 is 1. The quantitative estimate of drug-likeness (QED) is 0.642. The van der Waals surface area contributed by atoms with Crippen LogP contribution in [0, 0.1) is 16.0 Å². The molecule has 2 aliphatic heterocycles. The van der Waals surface area contributed by atoms with Gasteiger partial charge in [0.1, 0.15) is 0 Å². The highest BCUT2D eigenvalue weighted by atomic mass is 16.6. The van der Waals surface area contributed by atoms with Crippen molar-refractivity contribution in [1.29, 1.82) is 0 Å². The number of nitrogens with zero attached hydrogens (tertiary/aromatic N) is 1. The number of nitro benzene ring substituents is 1. The maximum atomic E-state index is 12.2. The molecule has 0 saturated carbocycles. The van der Waals surface area contributed by atoms with Crippen LogP contribution < -0.4 is 15.4 Å². The van der Waals surface area contributed by atoms with Crippen molar-refractivity contribution >= 4 is 17.3 Å². The molecule has 124 valence electrons. The first-order valence-corrected chi connectivity index (χ1v) is 7.93. The van der Waals surface area contributed by atoms with E-state index in [1.54, 1.807) is 6.07 Å². The van der Waals surface area contributed by atoms with Crippen molar-refractivity contribution in [2.75, 3.05) is 12.4 Å². The van der Waals surface area contributed by atoms with E-state index in [0.29, 0.717) is 30.1 Å². The highest BCUT2D eigenvalue weighted by molar-refractivity contribution is 5.91. The molecule has 2 saturated heterocycles. The molecule has 2 bridgehead atoms. The molecule has 2 heterocycles. The van der Waals surface area contributed by atoms with Crippen LogP contribution in [0.3, 0.4) is 0 Å². The molecule has 1 aromatic carbocycles. The normalized spacial score (nSPS) is 25.9.